The lowest BCUT2D eigenvalue weighted by atomic mass is 10.1. The maximum Gasteiger partial charge on any atom is 0.434 e. The van der Waals surface area contributed by atoms with E-state index in [1.807, 2.05) is 0 Å². The Bertz CT molecular complexity index is 1080. The number of rotatable bonds is 5. The number of benzene rings is 1. The lowest BCUT2D eigenvalue weighted by molar-refractivity contribution is -0.141. The van der Waals surface area contributed by atoms with Crippen molar-refractivity contribution < 1.29 is 41.0 Å². The molecule has 34 heavy (non-hydrogen) atoms. The average molecular weight is 485 g/mol. The van der Waals surface area contributed by atoms with E-state index < -0.39 is 36.0 Å². The third-order valence-electron chi connectivity index (χ3n) is 4.73. The van der Waals surface area contributed by atoms with Crippen LogP contribution < -0.4 is 15.0 Å². The van der Waals surface area contributed by atoms with Crippen LogP contribution >= 0.6 is 0 Å². The van der Waals surface area contributed by atoms with Crippen molar-refractivity contribution >= 4 is 23.5 Å². The molecule has 2 aromatic rings. The summed E-state index contributed by atoms with van der Waals surface area (Å²) in [5, 5.41) is 11.0. The summed E-state index contributed by atoms with van der Waals surface area (Å²) in [4.78, 5) is 30.6. The van der Waals surface area contributed by atoms with Crippen LogP contribution in [0.15, 0.2) is 36.4 Å². The Labute approximate surface area is 189 Å². The molecule has 2 amide bonds. The van der Waals surface area contributed by atoms with Crippen molar-refractivity contribution in [1.29, 1.82) is 5.26 Å². The van der Waals surface area contributed by atoms with Crippen molar-refractivity contribution in [3.8, 4) is 12.0 Å². The first-order valence-corrected chi connectivity index (χ1v) is 9.62. The molecule has 1 aliphatic rings. The highest BCUT2D eigenvalue weighted by Crippen LogP contribution is 2.32. The number of hydrogen-bond donors (Lipinski definition) is 1. The zero-order valence-corrected chi connectivity index (χ0v) is 17.2. The van der Waals surface area contributed by atoms with Crippen molar-refractivity contribution in [3.05, 3.63) is 47.7 Å². The van der Waals surface area contributed by atoms with E-state index in [1.54, 1.807) is 0 Å². The van der Waals surface area contributed by atoms with E-state index in [4.69, 9.17) is 5.26 Å². The van der Waals surface area contributed by atoms with Gasteiger partial charge in [0.25, 0.3) is 6.26 Å². The van der Waals surface area contributed by atoms with E-state index in [1.165, 1.54) is 40.1 Å². The van der Waals surface area contributed by atoms with Crippen molar-refractivity contribution in [2.45, 2.75) is 12.8 Å². The first-order chi connectivity index (χ1) is 16.1. The van der Waals surface area contributed by atoms with Gasteiger partial charge in [0.05, 0.1) is 5.56 Å². The van der Waals surface area contributed by atoms with Crippen molar-refractivity contribution in [1.82, 2.24) is 9.88 Å². The molecular formula is C20H16F5N5O4. The molecule has 1 saturated heterocycles. The number of ether oxygens (including phenoxy) is 2. The number of halogens is 5. The van der Waals surface area contributed by atoms with E-state index >= 15 is 0 Å². The number of esters is 1. The molecule has 0 saturated carbocycles. The number of amides is 2. The minimum atomic E-state index is -4.96. The number of urea groups is 1. The number of carbonyl (C=O) groups excluding carboxylic acids is 2. The van der Waals surface area contributed by atoms with Gasteiger partial charge in [0.1, 0.15) is 11.6 Å². The fourth-order valence-electron chi connectivity index (χ4n) is 3.16. The second-order valence-electron chi connectivity index (χ2n) is 6.85. The van der Waals surface area contributed by atoms with Crippen LogP contribution in [0.5, 0.6) is 5.75 Å². The third-order valence-corrected chi connectivity index (χ3v) is 4.73. The lowest BCUT2D eigenvalue weighted by Gasteiger charge is -2.35. The number of nitrogens with zero attached hydrogens (tertiary/aromatic N) is 4. The van der Waals surface area contributed by atoms with E-state index in [0.29, 0.717) is 5.69 Å². The molecule has 180 valence electrons. The maximum atomic E-state index is 13.4. The molecule has 1 aromatic carbocycles. The van der Waals surface area contributed by atoms with Gasteiger partial charge in [0, 0.05) is 31.9 Å². The van der Waals surface area contributed by atoms with Gasteiger partial charge in [0.2, 0.25) is 0 Å². The fraction of sp³-hybridized carbons (Fsp3) is 0.300. The minimum Gasteiger partial charge on any atom is -0.435 e. The molecular weight excluding hydrogens is 469 g/mol. The molecule has 0 spiro atoms. The Morgan fingerprint density at radius 2 is 1.71 bits per heavy atom. The summed E-state index contributed by atoms with van der Waals surface area (Å²) < 4.78 is 72.8. The monoisotopic (exact) mass is 485 g/mol. The Hall–Kier alpha value is -4.15. The molecule has 0 atom stereocenters. The van der Waals surface area contributed by atoms with E-state index in [0.717, 1.165) is 12.3 Å². The van der Waals surface area contributed by atoms with Gasteiger partial charge in [-0.05, 0) is 36.4 Å². The van der Waals surface area contributed by atoms with Crippen LogP contribution in [0.3, 0.4) is 0 Å². The van der Waals surface area contributed by atoms with Crippen LogP contribution in [0, 0.1) is 11.5 Å². The summed E-state index contributed by atoms with van der Waals surface area (Å²) in [5.41, 5.74) is -2.03. The largest absolute Gasteiger partial charge is 0.435 e. The SMILES string of the molecule is N#COC(=O)c1ccc(N2CCN(C(=O)Nc3ccc(OC(F)F)cc3)CC2)nc1C(F)(F)F. The highest BCUT2D eigenvalue weighted by Gasteiger charge is 2.39. The number of pyridine rings is 1. The van der Waals surface area contributed by atoms with Crippen LogP contribution in [0.4, 0.5) is 38.3 Å². The lowest BCUT2D eigenvalue weighted by Crippen LogP contribution is -2.50. The predicted octanol–water partition coefficient (Wildman–Crippen LogP) is 3.69. The molecule has 0 aliphatic carbocycles. The first kappa shape index (κ1) is 24.5. The van der Waals surface area contributed by atoms with Gasteiger partial charge in [0.15, 0.2) is 5.69 Å². The number of anilines is 2. The zero-order valence-electron chi connectivity index (χ0n) is 17.2. The Kier molecular flexibility index (Phi) is 7.34. The number of carbonyl (C=O) groups is 2. The molecule has 1 aliphatic heterocycles. The van der Waals surface area contributed by atoms with Gasteiger partial charge < -0.3 is 24.6 Å². The predicted molar refractivity (Wildman–Crippen MR) is 106 cm³/mol. The standard InChI is InChI=1S/C20H16F5N5O4/c21-18(22)34-13-3-1-12(2-4-13)27-19(32)30-9-7-29(8-10-30)15-6-5-14(17(31)33-11-26)16(28-15)20(23,24)25/h1-6,18H,7-10H2,(H,27,32). The zero-order chi connectivity index (χ0) is 24.9. The molecule has 0 bridgehead atoms. The second-order valence-corrected chi connectivity index (χ2v) is 6.85. The number of nitriles is 1. The number of nitrogens with one attached hydrogen (secondary N) is 1. The Morgan fingerprint density at radius 1 is 1.06 bits per heavy atom. The van der Waals surface area contributed by atoms with Crippen LogP contribution in [-0.4, -0.2) is 54.7 Å². The normalized spacial score (nSPS) is 13.9. The smallest absolute Gasteiger partial charge is 0.434 e. The Morgan fingerprint density at radius 3 is 2.26 bits per heavy atom. The molecule has 1 N–H and O–H groups in total. The maximum absolute atomic E-state index is 13.4. The second kappa shape index (κ2) is 10.2. The van der Waals surface area contributed by atoms with Crippen molar-refractivity contribution in [2.24, 2.45) is 0 Å². The summed E-state index contributed by atoms with van der Waals surface area (Å²) in [6.45, 7) is -2.36. The van der Waals surface area contributed by atoms with Gasteiger partial charge >= 0.3 is 24.8 Å². The van der Waals surface area contributed by atoms with Gasteiger partial charge in [-0.25, -0.2) is 14.6 Å². The number of hydrogen-bond acceptors (Lipinski definition) is 7. The van der Waals surface area contributed by atoms with Gasteiger partial charge in [-0.2, -0.15) is 22.0 Å². The summed E-state index contributed by atoms with van der Waals surface area (Å²) >= 11 is 0. The molecule has 1 fully saturated rings. The molecule has 0 radical (unpaired) electrons. The third kappa shape index (κ3) is 6.00. The van der Waals surface area contributed by atoms with Crippen LogP contribution in [0.1, 0.15) is 16.1 Å². The van der Waals surface area contributed by atoms with Gasteiger partial charge in [-0.1, -0.05) is 0 Å². The highest BCUT2D eigenvalue weighted by atomic mass is 19.4. The number of aromatic nitrogens is 1. The first-order valence-electron chi connectivity index (χ1n) is 9.62. The highest BCUT2D eigenvalue weighted by molar-refractivity contribution is 5.92. The van der Waals surface area contributed by atoms with Gasteiger partial charge in [-0.3, -0.25) is 0 Å². The van der Waals surface area contributed by atoms with Crippen molar-refractivity contribution in [3.63, 3.8) is 0 Å². The number of alkyl halides is 5. The molecule has 14 heteroatoms. The molecule has 2 heterocycles. The van der Waals surface area contributed by atoms with Crippen LogP contribution in [0.2, 0.25) is 0 Å². The minimum absolute atomic E-state index is 0.0597. The quantitative estimate of drug-likeness (QED) is 0.391. The van der Waals surface area contributed by atoms with Crippen molar-refractivity contribution in [2.75, 3.05) is 36.4 Å². The summed E-state index contributed by atoms with van der Waals surface area (Å²) in [6, 6.07) is 6.88. The Balaban J connectivity index is 1.63. The molecule has 9 nitrogen and oxygen atoms in total. The summed E-state index contributed by atoms with van der Waals surface area (Å²) in [5.74, 6) is -1.60. The van der Waals surface area contributed by atoms with E-state index in [-0.39, 0.29) is 37.7 Å². The fourth-order valence-corrected chi connectivity index (χ4v) is 3.16. The summed E-state index contributed by atoms with van der Waals surface area (Å²) in [6.07, 6.45) is -3.93. The average Bonchev–Trinajstić information content (AvgIpc) is 2.79. The van der Waals surface area contributed by atoms with Crippen LogP contribution in [-0.2, 0) is 10.9 Å². The summed E-state index contributed by atoms with van der Waals surface area (Å²) in [7, 11) is 0. The van der Waals surface area contributed by atoms with E-state index in [2.05, 4.69) is 19.8 Å². The molecule has 1 aromatic heterocycles. The molecule has 3 rings (SSSR count). The van der Waals surface area contributed by atoms with Crippen LogP contribution in [0.25, 0.3) is 0 Å². The molecule has 0 unspecified atom stereocenters. The van der Waals surface area contributed by atoms with Gasteiger partial charge in [-0.15, -0.1) is 5.26 Å². The topological polar surface area (TPSA) is 108 Å². The number of piperazine rings is 1. The van der Waals surface area contributed by atoms with E-state index in [9.17, 15) is 31.5 Å².